The Hall–Kier alpha value is 0.0569. The van der Waals surface area contributed by atoms with Crippen LogP contribution in [-0.4, -0.2) is 44.6 Å². The van der Waals surface area contributed by atoms with Crippen molar-refractivity contribution >= 4 is 8.32 Å². The van der Waals surface area contributed by atoms with Crippen molar-refractivity contribution in [2.24, 2.45) is 34.5 Å². The van der Waals surface area contributed by atoms with Crippen molar-refractivity contribution in [1.82, 2.24) is 0 Å². The van der Waals surface area contributed by atoms with Crippen LogP contribution in [0.25, 0.3) is 0 Å². The standard InChI is InChI=1S/C28H48O4Si/c1-25(2,3)33(8,9)32-19-11-10-16-20-17(12-14-27(16,19)6)28(7)15-13-18-22(29-18)21(28)24-23(20)30-26(4,5)31-24/h16-24H,10-15H2,1-9H3/t16?,17?,18?,19?,20?,21?,22?,23?,24?,27-,28+/m0/s1. The lowest BCUT2D eigenvalue weighted by Gasteiger charge is -2.62. The molecular formula is C28H48O4Si. The van der Waals surface area contributed by atoms with Gasteiger partial charge in [0.25, 0.3) is 0 Å². The summed E-state index contributed by atoms with van der Waals surface area (Å²) < 4.78 is 27.0. The van der Waals surface area contributed by atoms with Crippen LogP contribution in [0.1, 0.15) is 87.0 Å². The highest BCUT2D eigenvalue weighted by molar-refractivity contribution is 6.74. The van der Waals surface area contributed by atoms with Crippen LogP contribution in [0.5, 0.6) is 0 Å². The summed E-state index contributed by atoms with van der Waals surface area (Å²) in [6.07, 6.45) is 9.32. The number of epoxide rings is 1. The molecule has 4 aliphatic carbocycles. The van der Waals surface area contributed by atoms with E-state index >= 15 is 0 Å². The molecule has 0 aromatic heterocycles. The van der Waals surface area contributed by atoms with Gasteiger partial charge in [-0.1, -0.05) is 34.6 Å². The van der Waals surface area contributed by atoms with Crippen LogP contribution in [0.4, 0.5) is 0 Å². The molecule has 4 saturated carbocycles. The van der Waals surface area contributed by atoms with Crippen molar-refractivity contribution in [3.05, 3.63) is 0 Å². The molecule has 4 nitrogen and oxygen atoms in total. The number of hydrogen-bond donors (Lipinski definition) is 0. The van der Waals surface area contributed by atoms with Gasteiger partial charge in [0.05, 0.1) is 30.5 Å². The lowest BCUT2D eigenvalue weighted by molar-refractivity contribution is -0.180. The van der Waals surface area contributed by atoms with Gasteiger partial charge in [0.1, 0.15) is 0 Å². The van der Waals surface area contributed by atoms with Crippen molar-refractivity contribution in [3.63, 3.8) is 0 Å². The quantitative estimate of drug-likeness (QED) is 0.335. The molecule has 0 spiro atoms. The molecular weight excluding hydrogens is 428 g/mol. The largest absolute Gasteiger partial charge is 0.413 e. The molecule has 0 N–H and O–H groups in total. The Labute approximate surface area is 203 Å². The summed E-state index contributed by atoms with van der Waals surface area (Å²) in [6.45, 7) is 21.4. The van der Waals surface area contributed by atoms with Crippen LogP contribution in [0.2, 0.25) is 18.1 Å². The third-order valence-electron chi connectivity index (χ3n) is 11.9. The fraction of sp³-hybridized carbons (Fsp3) is 1.00. The van der Waals surface area contributed by atoms with Gasteiger partial charge in [-0.25, -0.2) is 0 Å². The van der Waals surface area contributed by atoms with Gasteiger partial charge in [-0.05, 0) is 99.1 Å². The van der Waals surface area contributed by atoms with Gasteiger partial charge in [0, 0.05) is 5.92 Å². The summed E-state index contributed by atoms with van der Waals surface area (Å²) in [5.74, 6) is 1.98. The fourth-order valence-electron chi connectivity index (χ4n) is 9.19. The van der Waals surface area contributed by atoms with Crippen LogP contribution in [-0.2, 0) is 18.6 Å². The SMILES string of the molecule is CC1(C)OC2C(O1)C1C3OC3CC[C@]1(C)C1CC[C@]3(C)C(O[Si](C)(C)C(C)(C)C)CCC3C21. The molecule has 6 aliphatic rings. The van der Waals surface area contributed by atoms with E-state index in [4.69, 9.17) is 18.6 Å². The molecule has 0 bridgehead atoms. The lowest BCUT2D eigenvalue weighted by atomic mass is 9.44. The van der Waals surface area contributed by atoms with Gasteiger partial charge in [-0.15, -0.1) is 0 Å². The monoisotopic (exact) mass is 476 g/mol. The van der Waals surface area contributed by atoms with E-state index in [1.807, 2.05) is 0 Å². The minimum absolute atomic E-state index is 0.184. The topological polar surface area (TPSA) is 40.2 Å². The maximum atomic E-state index is 7.17. The predicted molar refractivity (Wildman–Crippen MR) is 132 cm³/mol. The Kier molecular flexibility index (Phi) is 4.89. The van der Waals surface area contributed by atoms with Crippen molar-refractivity contribution in [3.8, 4) is 0 Å². The summed E-state index contributed by atoms with van der Waals surface area (Å²) in [5, 5.41) is 0.255. The van der Waals surface area contributed by atoms with E-state index in [0.717, 1.165) is 5.92 Å². The molecule has 0 amide bonds. The summed E-state index contributed by atoms with van der Waals surface area (Å²) in [7, 11) is -1.81. The summed E-state index contributed by atoms with van der Waals surface area (Å²) in [4.78, 5) is 0. The third-order valence-corrected chi connectivity index (χ3v) is 16.4. The Bertz CT molecular complexity index is 819. The molecule has 188 valence electrons. The summed E-state index contributed by atoms with van der Waals surface area (Å²) >= 11 is 0. The Morgan fingerprint density at radius 1 is 0.788 bits per heavy atom. The molecule has 0 aromatic rings. The van der Waals surface area contributed by atoms with Crippen molar-refractivity contribution in [2.75, 3.05) is 0 Å². The zero-order chi connectivity index (χ0) is 23.8. The lowest BCUT2D eigenvalue weighted by Crippen LogP contribution is -2.64. The molecule has 33 heavy (non-hydrogen) atoms. The summed E-state index contributed by atoms with van der Waals surface area (Å²) in [5.41, 5.74) is 0.570. The normalized spacial score (nSPS) is 54.6. The van der Waals surface area contributed by atoms with Crippen LogP contribution >= 0.6 is 0 Å². The van der Waals surface area contributed by atoms with E-state index in [1.54, 1.807) is 0 Å². The van der Waals surface area contributed by atoms with Gasteiger partial charge < -0.3 is 18.6 Å². The summed E-state index contributed by atoms with van der Waals surface area (Å²) in [6, 6.07) is 0. The average Bonchev–Trinajstić information content (AvgIpc) is 3.29. The molecule has 11 atom stereocenters. The molecule has 0 radical (unpaired) electrons. The minimum atomic E-state index is -1.81. The molecule has 2 aliphatic heterocycles. The van der Waals surface area contributed by atoms with Crippen LogP contribution < -0.4 is 0 Å². The molecule has 2 heterocycles. The minimum Gasteiger partial charge on any atom is -0.413 e. The molecule has 5 heteroatoms. The first kappa shape index (κ1) is 23.5. The van der Waals surface area contributed by atoms with Crippen LogP contribution in [0.15, 0.2) is 0 Å². The van der Waals surface area contributed by atoms with Gasteiger partial charge in [0.2, 0.25) is 0 Å². The third kappa shape index (κ3) is 3.21. The molecule has 9 unspecified atom stereocenters. The highest BCUT2D eigenvalue weighted by Gasteiger charge is 2.73. The maximum absolute atomic E-state index is 7.17. The second-order valence-electron chi connectivity index (χ2n) is 15.1. The number of hydrogen-bond acceptors (Lipinski definition) is 4. The van der Waals surface area contributed by atoms with Gasteiger partial charge in [-0.3, -0.25) is 0 Å². The van der Waals surface area contributed by atoms with E-state index in [9.17, 15) is 0 Å². The first-order chi connectivity index (χ1) is 15.2. The average molecular weight is 477 g/mol. The maximum Gasteiger partial charge on any atom is 0.192 e. The number of fused-ring (bicyclic) bond motifs is 10. The first-order valence-corrected chi connectivity index (χ1v) is 16.8. The Morgan fingerprint density at radius 3 is 2.12 bits per heavy atom. The molecule has 6 fully saturated rings. The van der Waals surface area contributed by atoms with Crippen LogP contribution in [0.3, 0.4) is 0 Å². The molecule has 2 saturated heterocycles. The van der Waals surface area contributed by atoms with E-state index in [2.05, 4.69) is 61.6 Å². The Balaban J connectivity index is 1.35. The predicted octanol–water partition coefficient (Wildman–Crippen LogP) is 6.54. The van der Waals surface area contributed by atoms with E-state index in [1.165, 1.54) is 38.5 Å². The highest BCUT2D eigenvalue weighted by Crippen LogP contribution is 2.70. The molecule has 6 rings (SSSR count). The first-order valence-electron chi connectivity index (χ1n) is 13.9. The smallest absolute Gasteiger partial charge is 0.192 e. The van der Waals surface area contributed by atoms with Gasteiger partial charge in [-0.2, -0.15) is 0 Å². The highest BCUT2D eigenvalue weighted by atomic mass is 28.4. The van der Waals surface area contributed by atoms with Crippen molar-refractivity contribution in [2.45, 2.75) is 141 Å². The van der Waals surface area contributed by atoms with Crippen molar-refractivity contribution in [1.29, 1.82) is 0 Å². The zero-order valence-corrected chi connectivity index (χ0v) is 23.6. The van der Waals surface area contributed by atoms with E-state index < -0.39 is 14.1 Å². The number of rotatable bonds is 2. The van der Waals surface area contributed by atoms with E-state index in [0.29, 0.717) is 41.5 Å². The molecule has 0 aromatic carbocycles. The van der Waals surface area contributed by atoms with Crippen LogP contribution in [0, 0.1) is 34.5 Å². The Morgan fingerprint density at radius 2 is 1.42 bits per heavy atom. The fourth-order valence-corrected chi connectivity index (χ4v) is 10.6. The van der Waals surface area contributed by atoms with Gasteiger partial charge in [0.15, 0.2) is 14.1 Å². The second kappa shape index (κ2) is 6.88. The zero-order valence-electron chi connectivity index (χ0n) is 22.6. The van der Waals surface area contributed by atoms with Gasteiger partial charge >= 0.3 is 0 Å². The van der Waals surface area contributed by atoms with Crippen molar-refractivity contribution < 1.29 is 18.6 Å². The second-order valence-corrected chi connectivity index (χ2v) is 19.8. The number of ether oxygens (including phenoxy) is 3. The van der Waals surface area contributed by atoms with E-state index in [-0.39, 0.29) is 22.7 Å².